The molecule has 4 atom stereocenters. The van der Waals surface area contributed by atoms with Crippen molar-refractivity contribution >= 4 is 15.8 Å². The van der Waals surface area contributed by atoms with Gasteiger partial charge in [0.25, 0.3) is 0 Å². The van der Waals surface area contributed by atoms with E-state index in [0.717, 1.165) is 12.8 Å². The van der Waals surface area contributed by atoms with Crippen molar-refractivity contribution in [3.05, 3.63) is 0 Å². The first-order valence-corrected chi connectivity index (χ1v) is 8.25. The van der Waals surface area contributed by atoms with Crippen LogP contribution in [-0.2, 0) is 14.6 Å². The summed E-state index contributed by atoms with van der Waals surface area (Å²) in [5.74, 6) is -1.73. The van der Waals surface area contributed by atoms with E-state index in [9.17, 15) is 23.4 Å². The first-order chi connectivity index (χ1) is 8.31. The highest BCUT2D eigenvalue weighted by Crippen LogP contribution is 2.51. The molecule has 18 heavy (non-hydrogen) atoms. The normalized spacial score (nSPS) is 43.1. The lowest BCUT2D eigenvalue weighted by Crippen LogP contribution is -2.42. The van der Waals surface area contributed by atoms with Crippen LogP contribution in [0.4, 0.5) is 0 Å². The van der Waals surface area contributed by atoms with E-state index < -0.39 is 33.2 Å². The van der Waals surface area contributed by atoms with Gasteiger partial charge in [0.2, 0.25) is 0 Å². The van der Waals surface area contributed by atoms with Crippen LogP contribution in [0.5, 0.6) is 0 Å². The first kappa shape index (κ1) is 13.8. The Morgan fingerprint density at radius 2 is 2.06 bits per heavy atom. The van der Waals surface area contributed by atoms with Gasteiger partial charge in [-0.1, -0.05) is 13.3 Å². The van der Waals surface area contributed by atoms with Gasteiger partial charge in [0, 0.05) is 5.92 Å². The smallest absolute Gasteiger partial charge is 0.310 e. The molecule has 0 aromatic heterocycles. The van der Waals surface area contributed by atoms with Crippen molar-refractivity contribution in [2.24, 2.45) is 17.3 Å². The molecular weight excluding hydrogens is 256 g/mol. The largest absolute Gasteiger partial charge is 0.481 e. The van der Waals surface area contributed by atoms with Crippen LogP contribution < -0.4 is 0 Å². The van der Waals surface area contributed by atoms with E-state index in [2.05, 4.69) is 0 Å². The fourth-order valence-corrected chi connectivity index (χ4v) is 5.55. The van der Waals surface area contributed by atoms with E-state index in [1.165, 1.54) is 0 Å². The second-order valence-electron chi connectivity index (χ2n) is 5.73. The van der Waals surface area contributed by atoms with Crippen molar-refractivity contribution in [3.63, 3.8) is 0 Å². The highest BCUT2D eigenvalue weighted by Gasteiger charge is 2.56. The minimum atomic E-state index is -3.29. The number of aliphatic carboxylic acids is 1. The summed E-state index contributed by atoms with van der Waals surface area (Å²) in [4.78, 5) is 11.6. The van der Waals surface area contributed by atoms with Gasteiger partial charge in [-0.15, -0.1) is 0 Å². The zero-order chi connectivity index (χ0) is 13.6. The van der Waals surface area contributed by atoms with Gasteiger partial charge in [-0.2, -0.15) is 0 Å². The van der Waals surface area contributed by atoms with Crippen LogP contribution in [0.3, 0.4) is 0 Å². The van der Waals surface area contributed by atoms with Gasteiger partial charge in [-0.3, -0.25) is 4.79 Å². The molecule has 1 saturated heterocycles. The van der Waals surface area contributed by atoms with Crippen LogP contribution in [0.2, 0.25) is 0 Å². The summed E-state index contributed by atoms with van der Waals surface area (Å²) >= 11 is 0. The first-order valence-electron chi connectivity index (χ1n) is 6.42. The summed E-state index contributed by atoms with van der Waals surface area (Å²) < 4.78 is 23.1. The third kappa shape index (κ3) is 2.16. The average molecular weight is 276 g/mol. The molecule has 2 aliphatic rings. The van der Waals surface area contributed by atoms with Gasteiger partial charge in [0.1, 0.15) is 0 Å². The Morgan fingerprint density at radius 1 is 1.39 bits per heavy atom. The minimum Gasteiger partial charge on any atom is -0.481 e. The average Bonchev–Trinajstić information content (AvgIpc) is 2.80. The molecule has 0 spiro atoms. The predicted octanol–water partition coefficient (Wildman–Crippen LogP) is 0.673. The van der Waals surface area contributed by atoms with Crippen molar-refractivity contribution < 1.29 is 23.4 Å². The lowest BCUT2D eigenvalue weighted by atomic mass is 9.72. The Labute approximate surface area is 107 Å². The number of sulfone groups is 1. The van der Waals surface area contributed by atoms with Crippen LogP contribution in [0.1, 0.15) is 32.6 Å². The molecule has 4 unspecified atom stereocenters. The molecule has 0 amide bonds. The van der Waals surface area contributed by atoms with Gasteiger partial charge < -0.3 is 10.2 Å². The molecule has 2 rings (SSSR count). The van der Waals surface area contributed by atoms with Crippen molar-refractivity contribution in [3.8, 4) is 0 Å². The number of carbonyl (C=O) groups is 1. The van der Waals surface area contributed by atoms with Crippen molar-refractivity contribution in [2.75, 3.05) is 11.5 Å². The number of rotatable bonds is 3. The van der Waals surface area contributed by atoms with Gasteiger partial charge >= 0.3 is 5.97 Å². The topological polar surface area (TPSA) is 91.7 Å². The van der Waals surface area contributed by atoms with Gasteiger partial charge in [-0.25, -0.2) is 8.42 Å². The maximum Gasteiger partial charge on any atom is 0.310 e. The van der Waals surface area contributed by atoms with Crippen LogP contribution in [-0.4, -0.2) is 42.2 Å². The lowest BCUT2D eigenvalue weighted by molar-refractivity contribution is -0.154. The van der Waals surface area contributed by atoms with Crippen LogP contribution >= 0.6 is 0 Å². The lowest BCUT2D eigenvalue weighted by Gasteiger charge is -2.32. The molecule has 6 heteroatoms. The highest BCUT2D eigenvalue weighted by molar-refractivity contribution is 7.91. The molecule has 104 valence electrons. The Balaban J connectivity index is 2.30. The zero-order valence-corrected chi connectivity index (χ0v) is 11.3. The molecule has 2 fully saturated rings. The Morgan fingerprint density at radius 3 is 2.44 bits per heavy atom. The molecular formula is C12H20O5S. The maximum atomic E-state index is 11.6. The summed E-state index contributed by atoms with van der Waals surface area (Å²) in [5, 5.41) is 19.4. The van der Waals surface area contributed by atoms with Crippen LogP contribution in [0.15, 0.2) is 0 Å². The monoisotopic (exact) mass is 276 g/mol. The molecule has 1 heterocycles. The fraction of sp³-hybridized carbons (Fsp3) is 0.917. The number of carboxylic acid groups (broad SMARTS) is 1. The zero-order valence-electron chi connectivity index (χ0n) is 10.5. The van der Waals surface area contributed by atoms with Gasteiger partial charge in [0.05, 0.1) is 23.0 Å². The SMILES string of the molecule is CCC1CCC(C(=O)O)(C2CS(=O)(=O)CC2O)C1. The Bertz CT molecular complexity index is 443. The number of aliphatic hydroxyl groups excluding tert-OH is 1. The summed E-state index contributed by atoms with van der Waals surface area (Å²) in [6.45, 7) is 2.02. The second-order valence-corrected chi connectivity index (χ2v) is 7.88. The maximum absolute atomic E-state index is 11.6. The Kier molecular flexibility index (Phi) is 3.44. The molecule has 1 aliphatic heterocycles. The van der Waals surface area contributed by atoms with Gasteiger partial charge in [-0.05, 0) is 25.2 Å². The van der Waals surface area contributed by atoms with Gasteiger partial charge in [0.15, 0.2) is 9.84 Å². The quantitative estimate of drug-likeness (QED) is 0.790. The number of hydrogen-bond acceptors (Lipinski definition) is 4. The van der Waals surface area contributed by atoms with E-state index in [0.29, 0.717) is 18.8 Å². The molecule has 1 saturated carbocycles. The van der Waals surface area contributed by atoms with E-state index in [1.807, 2.05) is 6.92 Å². The third-order valence-corrected chi connectivity index (χ3v) is 6.40. The number of carboxylic acids is 1. The number of hydrogen-bond donors (Lipinski definition) is 2. The van der Waals surface area contributed by atoms with Crippen molar-refractivity contribution in [1.82, 2.24) is 0 Å². The molecule has 2 N–H and O–H groups in total. The molecule has 0 bridgehead atoms. The van der Waals surface area contributed by atoms with E-state index >= 15 is 0 Å². The summed E-state index contributed by atoms with van der Waals surface area (Å²) in [5.41, 5.74) is -1.04. The molecule has 0 radical (unpaired) electrons. The van der Waals surface area contributed by atoms with Crippen LogP contribution in [0.25, 0.3) is 0 Å². The summed E-state index contributed by atoms with van der Waals surface area (Å²) in [7, 11) is -3.29. The number of aliphatic hydroxyl groups is 1. The fourth-order valence-electron chi connectivity index (χ4n) is 3.58. The molecule has 5 nitrogen and oxygen atoms in total. The predicted molar refractivity (Wildman–Crippen MR) is 65.9 cm³/mol. The minimum absolute atomic E-state index is 0.184. The van der Waals surface area contributed by atoms with E-state index in [-0.39, 0.29) is 11.5 Å². The van der Waals surface area contributed by atoms with Crippen LogP contribution in [0, 0.1) is 17.3 Å². The standard InChI is InChI=1S/C12H20O5S/c1-2-8-3-4-12(5-8,11(14)15)9-6-18(16,17)7-10(9)13/h8-10,13H,2-7H2,1H3,(H,14,15). The molecule has 1 aliphatic carbocycles. The van der Waals surface area contributed by atoms with Crippen molar-refractivity contribution in [1.29, 1.82) is 0 Å². The summed E-state index contributed by atoms with van der Waals surface area (Å²) in [6.07, 6.45) is 1.67. The van der Waals surface area contributed by atoms with Crippen molar-refractivity contribution in [2.45, 2.75) is 38.7 Å². The third-order valence-electron chi connectivity index (χ3n) is 4.69. The highest BCUT2D eigenvalue weighted by atomic mass is 32.2. The molecule has 0 aromatic rings. The summed E-state index contributed by atoms with van der Waals surface area (Å²) in [6, 6.07) is 0. The van der Waals surface area contributed by atoms with E-state index in [4.69, 9.17) is 0 Å². The second kappa shape index (κ2) is 4.49. The molecule has 0 aromatic carbocycles. The van der Waals surface area contributed by atoms with E-state index in [1.54, 1.807) is 0 Å². The Hall–Kier alpha value is -0.620.